The molecule has 0 aliphatic heterocycles. The Morgan fingerprint density at radius 3 is 1.40 bits per heavy atom. The second kappa shape index (κ2) is 5.15. The van der Waals surface area contributed by atoms with Crippen LogP contribution < -0.4 is 0 Å². The fourth-order valence-electron chi connectivity index (χ4n) is 0. The number of hydrogen-bond donors (Lipinski definition) is 5. The van der Waals surface area contributed by atoms with Crippen LogP contribution in [0.2, 0.25) is 0 Å². The summed E-state index contributed by atoms with van der Waals surface area (Å²) in [5.41, 5.74) is 0. The molecule has 0 radical (unpaired) electrons. The van der Waals surface area contributed by atoms with Gasteiger partial charge in [0.15, 0.2) is 0 Å². The third kappa shape index (κ3) is 164. The molecule has 9 heteroatoms. The summed E-state index contributed by atoms with van der Waals surface area (Å²) in [4.78, 5) is 33.1. The van der Waals surface area contributed by atoms with Crippen molar-refractivity contribution in [1.82, 2.24) is 0 Å². The molecule has 0 rings (SSSR count). The molecule has 0 saturated carbocycles. The third-order valence-electron chi connectivity index (χ3n) is 0.0781. The van der Waals surface area contributed by atoms with E-state index in [1.807, 2.05) is 0 Å². The highest BCUT2D eigenvalue weighted by atomic mass is 31.2. The summed E-state index contributed by atoms with van der Waals surface area (Å²) in [6.45, 7) is 0. The molecule has 0 heterocycles. The van der Waals surface area contributed by atoms with Crippen molar-refractivity contribution in [2.75, 3.05) is 0 Å². The molecule has 0 amide bonds. The second-order valence-corrected chi connectivity index (χ2v) is 1.90. The van der Waals surface area contributed by atoms with E-state index in [0.29, 0.717) is 0 Å². The topological polar surface area (TPSA) is 145 Å². The van der Waals surface area contributed by atoms with Gasteiger partial charge in [0.05, 0.1) is 0 Å². The summed E-state index contributed by atoms with van der Waals surface area (Å²) in [6, 6.07) is 0. The van der Waals surface area contributed by atoms with Gasteiger partial charge in [-0.3, -0.25) is 4.89 Å². The van der Waals surface area contributed by atoms with E-state index < -0.39 is 14.0 Å². The van der Waals surface area contributed by atoms with Crippen LogP contribution in [0.5, 0.6) is 0 Å². The Morgan fingerprint density at radius 1 is 1.30 bits per heavy atom. The van der Waals surface area contributed by atoms with E-state index >= 15 is 0 Å². The summed E-state index contributed by atoms with van der Waals surface area (Å²) in [5.74, 6) is 0. The monoisotopic (exact) mass is 176 g/mol. The highest BCUT2D eigenvalue weighted by Crippen LogP contribution is 2.25. The molecule has 0 aliphatic rings. The Morgan fingerprint density at radius 2 is 1.40 bits per heavy atom. The maximum Gasteiger partial charge on any atom is 0.537 e. The van der Waals surface area contributed by atoms with Gasteiger partial charge in [-0.1, -0.05) is 0 Å². The SMILES string of the molecule is O=C(O)OO.O=P(O)(O)O. The quantitative estimate of drug-likeness (QED) is 0.183. The normalized spacial score (nSPS) is 9.20. The zero-order chi connectivity index (χ0) is 8.78. The lowest BCUT2D eigenvalue weighted by Gasteiger charge is -1.82. The predicted octanol–water partition coefficient (Wildman–Crippen LogP) is -0.775. The molecule has 10 heavy (non-hydrogen) atoms. The van der Waals surface area contributed by atoms with E-state index in [-0.39, 0.29) is 0 Å². The van der Waals surface area contributed by atoms with Crippen LogP contribution >= 0.6 is 7.82 Å². The molecule has 8 nitrogen and oxygen atoms in total. The first-order chi connectivity index (χ1) is 4.27. The van der Waals surface area contributed by atoms with Crippen molar-refractivity contribution in [2.24, 2.45) is 0 Å². The van der Waals surface area contributed by atoms with Crippen molar-refractivity contribution in [2.45, 2.75) is 0 Å². The lowest BCUT2D eigenvalue weighted by atomic mass is 11.5. The fraction of sp³-hybridized carbons (Fsp3) is 0. The number of rotatable bonds is 0. The highest BCUT2D eigenvalue weighted by molar-refractivity contribution is 7.45. The van der Waals surface area contributed by atoms with Gasteiger partial charge in [0.1, 0.15) is 0 Å². The molecule has 0 saturated heterocycles. The van der Waals surface area contributed by atoms with Crippen LogP contribution in [-0.4, -0.2) is 31.2 Å². The van der Waals surface area contributed by atoms with Crippen LogP contribution in [0.1, 0.15) is 0 Å². The van der Waals surface area contributed by atoms with E-state index in [9.17, 15) is 0 Å². The average Bonchev–Trinajstić information content (AvgIpc) is 1.61. The second-order valence-electron chi connectivity index (χ2n) is 0.870. The Bertz CT molecular complexity index is 124. The molecular weight excluding hydrogens is 171 g/mol. The molecule has 0 atom stereocenters. The van der Waals surface area contributed by atoms with E-state index in [1.165, 1.54) is 0 Å². The van der Waals surface area contributed by atoms with E-state index in [2.05, 4.69) is 4.89 Å². The average molecular weight is 176 g/mol. The van der Waals surface area contributed by atoms with Crippen LogP contribution in [-0.2, 0) is 9.45 Å². The molecule has 0 aromatic carbocycles. The first-order valence-electron chi connectivity index (χ1n) is 1.60. The van der Waals surface area contributed by atoms with Gasteiger partial charge in [0, 0.05) is 0 Å². The Labute approximate surface area is 54.5 Å². The van der Waals surface area contributed by atoms with Gasteiger partial charge in [-0.25, -0.2) is 9.36 Å². The lowest BCUT2D eigenvalue weighted by molar-refractivity contribution is -0.194. The minimum Gasteiger partial charge on any atom is -0.448 e. The van der Waals surface area contributed by atoms with Gasteiger partial charge in [0.25, 0.3) is 0 Å². The smallest absolute Gasteiger partial charge is 0.448 e. The third-order valence-corrected chi connectivity index (χ3v) is 0.0781. The summed E-state index contributed by atoms with van der Waals surface area (Å²) in [6.07, 6.45) is -1.69. The highest BCUT2D eigenvalue weighted by Gasteiger charge is 2.00. The van der Waals surface area contributed by atoms with Crippen molar-refractivity contribution in [3.8, 4) is 0 Å². The van der Waals surface area contributed by atoms with Gasteiger partial charge in [-0.2, -0.15) is 5.26 Å². The molecular formula is CH5O8P. The molecule has 0 aromatic heterocycles. The number of carboxylic acid groups (broad SMARTS) is 1. The molecule has 5 N–H and O–H groups in total. The van der Waals surface area contributed by atoms with Gasteiger partial charge >= 0.3 is 14.0 Å². The minimum atomic E-state index is -4.64. The zero-order valence-electron chi connectivity index (χ0n) is 4.41. The summed E-state index contributed by atoms with van der Waals surface area (Å²) in [7, 11) is -4.64. The summed E-state index contributed by atoms with van der Waals surface area (Å²) in [5, 5.41) is 14.3. The first kappa shape index (κ1) is 12.1. The van der Waals surface area contributed by atoms with Crippen molar-refractivity contribution in [1.29, 1.82) is 0 Å². The first-order valence-corrected chi connectivity index (χ1v) is 3.16. The summed E-state index contributed by atoms with van der Waals surface area (Å²) < 4.78 is 8.88. The van der Waals surface area contributed by atoms with Crippen molar-refractivity contribution < 1.29 is 39.3 Å². The molecule has 0 bridgehead atoms. The fourth-order valence-corrected chi connectivity index (χ4v) is 0. The minimum absolute atomic E-state index is 1.69. The zero-order valence-corrected chi connectivity index (χ0v) is 5.30. The lowest BCUT2D eigenvalue weighted by Crippen LogP contribution is -1.91. The number of carbonyl (C=O) groups is 1. The van der Waals surface area contributed by atoms with Crippen LogP contribution in [0.15, 0.2) is 0 Å². The Kier molecular flexibility index (Phi) is 6.21. The maximum absolute atomic E-state index is 8.90. The van der Waals surface area contributed by atoms with Crippen LogP contribution in [0.3, 0.4) is 0 Å². The Balaban J connectivity index is 0. The largest absolute Gasteiger partial charge is 0.537 e. The van der Waals surface area contributed by atoms with Gasteiger partial charge in [-0.15, -0.1) is 0 Å². The molecule has 0 aromatic rings. The van der Waals surface area contributed by atoms with Crippen LogP contribution in [0.25, 0.3) is 0 Å². The molecule has 0 aliphatic carbocycles. The molecule has 62 valence electrons. The van der Waals surface area contributed by atoms with Crippen LogP contribution in [0, 0.1) is 0 Å². The van der Waals surface area contributed by atoms with E-state index in [0.717, 1.165) is 0 Å². The molecule has 0 unspecified atom stereocenters. The Hall–Kier alpha value is -0.660. The van der Waals surface area contributed by atoms with Gasteiger partial charge < -0.3 is 19.8 Å². The predicted molar refractivity (Wildman–Crippen MR) is 26.0 cm³/mol. The van der Waals surface area contributed by atoms with E-state index in [4.69, 9.17) is 34.4 Å². The van der Waals surface area contributed by atoms with E-state index in [1.54, 1.807) is 0 Å². The van der Waals surface area contributed by atoms with Gasteiger partial charge in [0.2, 0.25) is 0 Å². The maximum atomic E-state index is 8.90. The number of phosphoric acid groups is 1. The van der Waals surface area contributed by atoms with Crippen LogP contribution in [0.4, 0.5) is 4.79 Å². The van der Waals surface area contributed by atoms with Gasteiger partial charge in [-0.05, 0) is 0 Å². The summed E-state index contributed by atoms with van der Waals surface area (Å²) >= 11 is 0. The van der Waals surface area contributed by atoms with Crippen molar-refractivity contribution >= 4 is 14.0 Å². The molecule has 0 fully saturated rings. The van der Waals surface area contributed by atoms with Crippen molar-refractivity contribution in [3.05, 3.63) is 0 Å². The molecule has 0 spiro atoms. The van der Waals surface area contributed by atoms with Crippen molar-refractivity contribution in [3.63, 3.8) is 0 Å². The number of hydrogen-bond acceptors (Lipinski definition) is 4. The standard InChI is InChI=1S/CH2O4.H3O4P/c2-1(3)5-4;1-5(2,3)4/h4H,(H,2,3);(H3,1,2,3,4).